The van der Waals surface area contributed by atoms with E-state index in [1.807, 2.05) is 24.4 Å². The Balaban J connectivity index is 1.82. The molecule has 0 saturated heterocycles. The lowest BCUT2D eigenvalue weighted by atomic mass is 9.88. The van der Waals surface area contributed by atoms with Crippen LogP contribution in [0.4, 0.5) is 5.69 Å². The number of benzene rings is 1. The van der Waals surface area contributed by atoms with Crippen LogP contribution in [-0.2, 0) is 6.54 Å². The van der Waals surface area contributed by atoms with Crippen molar-refractivity contribution in [2.45, 2.75) is 44.6 Å². The molecule has 3 heteroatoms. The van der Waals surface area contributed by atoms with Gasteiger partial charge in [-0.15, -0.1) is 0 Å². The van der Waals surface area contributed by atoms with Crippen molar-refractivity contribution in [1.29, 1.82) is 0 Å². The van der Waals surface area contributed by atoms with E-state index in [4.69, 9.17) is 5.73 Å². The highest BCUT2D eigenvalue weighted by atomic mass is 15.1. The summed E-state index contributed by atoms with van der Waals surface area (Å²) >= 11 is 0. The van der Waals surface area contributed by atoms with Crippen LogP contribution in [0.2, 0.25) is 0 Å². The van der Waals surface area contributed by atoms with Gasteiger partial charge >= 0.3 is 0 Å². The van der Waals surface area contributed by atoms with Crippen molar-refractivity contribution in [3.05, 3.63) is 48.0 Å². The normalized spacial score (nSPS) is 16.6. The minimum absolute atomic E-state index is 0.633. The van der Waals surface area contributed by atoms with Gasteiger partial charge in [-0.05, 0) is 24.5 Å². The number of imidazole rings is 1. The lowest BCUT2D eigenvalue weighted by molar-refractivity contribution is 0.418. The average Bonchev–Trinajstić information content (AvgIpc) is 2.91. The van der Waals surface area contributed by atoms with Gasteiger partial charge < -0.3 is 10.3 Å². The molecular formula is C16H21N3. The Labute approximate surface area is 114 Å². The van der Waals surface area contributed by atoms with Crippen molar-refractivity contribution in [3.63, 3.8) is 0 Å². The second-order valence-electron chi connectivity index (χ2n) is 5.45. The Bertz CT molecular complexity index is 538. The van der Waals surface area contributed by atoms with Crippen molar-refractivity contribution in [2.75, 3.05) is 5.73 Å². The second-order valence-corrected chi connectivity index (χ2v) is 5.45. The number of aromatic nitrogens is 2. The molecule has 1 saturated carbocycles. The molecule has 100 valence electrons. The minimum atomic E-state index is 0.633. The first-order chi connectivity index (χ1) is 9.34. The van der Waals surface area contributed by atoms with Crippen LogP contribution in [0.1, 0.15) is 49.4 Å². The third kappa shape index (κ3) is 2.65. The van der Waals surface area contributed by atoms with Crippen LogP contribution in [-0.4, -0.2) is 9.55 Å². The summed E-state index contributed by atoms with van der Waals surface area (Å²) in [6, 6.07) is 8.09. The molecule has 0 amide bonds. The maximum atomic E-state index is 6.03. The van der Waals surface area contributed by atoms with Gasteiger partial charge in [-0.1, -0.05) is 37.5 Å². The highest BCUT2D eigenvalue weighted by Gasteiger charge is 2.19. The molecule has 2 aromatic rings. The maximum absolute atomic E-state index is 6.03. The first-order valence-corrected chi connectivity index (χ1v) is 7.19. The fourth-order valence-corrected chi connectivity index (χ4v) is 3.04. The summed E-state index contributed by atoms with van der Waals surface area (Å²) in [6.07, 6.45) is 10.6. The summed E-state index contributed by atoms with van der Waals surface area (Å²) in [7, 11) is 0. The molecule has 1 aliphatic carbocycles. The summed E-state index contributed by atoms with van der Waals surface area (Å²) < 4.78 is 2.27. The zero-order valence-electron chi connectivity index (χ0n) is 11.3. The predicted octanol–water partition coefficient (Wildman–Crippen LogP) is 3.56. The van der Waals surface area contributed by atoms with Crippen LogP contribution < -0.4 is 5.73 Å². The van der Waals surface area contributed by atoms with Crippen LogP contribution in [0.3, 0.4) is 0 Å². The molecule has 0 bridgehead atoms. The van der Waals surface area contributed by atoms with Crippen LogP contribution in [0.25, 0.3) is 0 Å². The average molecular weight is 255 g/mol. The fourth-order valence-electron chi connectivity index (χ4n) is 3.04. The van der Waals surface area contributed by atoms with Crippen molar-refractivity contribution < 1.29 is 0 Å². The molecule has 1 aliphatic rings. The summed E-state index contributed by atoms with van der Waals surface area (Å²) in [5, 5.41) is 0. The summed E-state index contributed by atoms with van der Waals surface area (Å²) in [5.41, 5.74) is 8.08. The lowest BCUT2D eigenvalue weighted by Gasteiger charge is -2.22. The molecular weight excluding hydrogens is 234 g/mol. The van der Waals surface area contributed by atoms with Crippen LogP contribution in [0, 0.1) is 0 Å². The lowest BCUT2D eigenvalue weighted by Crippen LogP contribution is -2.13. The monoisotopic (exact) mass is 255 g/mol. The zero-order chi connectivity index (χ0) is 13.1. The van der Waals surface area contributed by atoms with Gasteiger partial charge in [0.15, 0.2) is 0 Å². The van der Waals surface area contributed by atoms with Crippen molar-refractivity contribution in [3.8, 4) is 0 Å². The number of rotatable bonds is 3. The van der Waals surface area contributed by atoms with E-state index >= 15 is 0 Å². The number of hydrogen-bond acceptors (Lipinski definition) is 2. The van der Waals surface area contributed by atoms with E-state index in [0.717, 1.165) is 12.2 Å². The molecule has 19 heavy (non-hydrogen) atoms. The number of para-hydroxylation sites is 1. The van der Waals surface area contributed by atoms with Gasteiger partial charge in [0.2, 0.25) is 0 Å². The van der Waals surface area contributed by atoms with Gasteiger partial charge in [-0.2, -0.15) is 0 Å². The molecule has 0 spiro atoms. The minimum Gasteiger partial charge on any atom is -0.398 e. The van der Waals surface area contributed by atoms with Gasteiger partial charge in [0.05, 0.1) is 6.54 Å². The summed E-state index contributed by atoms with van der Waals surface area (Å²) in [5.74, 6) is 1.87. The molecule has 1 heterocycles. The van der Waals surface area contributed by atoms with Crippen LogP contribution in [0.5, 0.6) is 0 Å². The number of nitrogens with two attached hydrogens (primary N) is 1. The Morgan fingerprint density at radius 1 is 1.16 bits per heavy atom. The Morgan fingerprint density at radius 3 is 2.74 bits per heavy atom. The molecule has 3 nitrogen and oxygen atoms in total. The van der Waals surface area contributed by atoms with Crippen LogP contribution in [0.15, 0.2) is 36.7 Å². The van der Waals surface area contributed by atoms with E-state index in [-0.39, 0.29) is 0 Å². The Morgan fingerprint density at radius 2 is 1.95 bits per heavy atom. The number of anilines is 1. The van der Waals surface area contributed by atoms with E-state index in [9.17, 15) is 0 Å². The van der Waals surface area contributed by atoms with Gasteiger partial charge in [-0.25, -0.2) is 4.98 Å². The predicted molar refractivity (Wildman–Crippen MR) is 78.0 cm³/mol. The zero-order valence-corrected chi connectivity index (χ0v) is 11.3. The van der Waals surface area contributed by atoms with Gasteiger partial charge in [-0.3, -0.25) is 0 Å². The summed E-state index contributed by atoms with van der Waals surface area (Å²) in [6.45, 7) is 0.832. The fraction of sp³-hybridized carbons (Fsp3) is 0.438. The van der Waals surface area contributed by atoms with Crippen molar-refractivity contribution >= 4 is 5.69 Å². The van der Waals surface area contributed by atoms with Crippen molar-refractivity contribution in [2.24, 2.45) is 0 Å². The standard InChI is InChI=1S/C16H21N3/c17-15-9-5-4-8-14(15)12-19-11-10-18-16(19)13-6-2-1-3-7-13/h4-5,8-11,13H,1-3,6-7,12,17H2. The van der Waals surface area contributed by atoms with E-state index in [1.165, 1.54) is 43.5 Å². The van der Waals surface area contributed by atoms with Gasteiger partial charge in [0, 0.05) is 24.0 Å². The first-order valence-electron chi connectivity index (χ1n) is 7.19. The molecule has 1 fully saturated rings. The van der Waals surface area contributed by atoms with E-state index < -0.39 is 0 Å². The molecule has 0 aliphatic heterocycles. The van der Waals surface area contributed by atoms with Gasteiger partial charge in [0.1, 0.15) is 5.82 Å². The Hall–Kier alpha value is -1.77. The maximum Gasteiger partial charge on any atom is 0.112 e. The highest BCUT2D eigenvalue weighted by Crippen LogP contribution is 2.32. The highest BCUT2D eigenvalue weighted by molar-refractivity contribution is 5.46. The SMILES string of the molecule is Nc1ccccc1Cn1ccnc1C1CCCCC1. The molecule has 2 N–H and O–H groups in total. The first kappa shape index (κ1) is 12.3. The quantitative estimate of drug-likeness (QED) is 0.852. The van der Waals surface area contributed by atoms with Gasteiger partial charge in [0.25, 0.3) is 0 Å². The van der Waals surface area contributed by atoms with E-state index in [2.05, 4.69) is 21.8 Å². The van der Waals surface area contributed by atoms with Crippen molar-refractivity contribution in [1.82, 2.24) is 9.55 Å². The molecule has 0 unspecified atom stereocenters. The largest absolute Gasteiger partial charge is 0.398 e. The second kappa shape index (κ2) is 5.47. The number of hydrogen-bond donors (Lipinski definition) is 1. The topological polar surface area (TPSA) is 43.8 Å². The number of nitrogen functional groups attached to an aromatic ring is 1. The van der Waals surface area contributed by atoms with E-state index in [0.29, 0.717) is 5.92 Å². The number of nitrogens with zero attached hydrogens (tertiary/aromatic N) is 2. The Kier molecular flexibility index (Phi) is 3.53. The molecule has 3 rings (SSSR count). The molecule has 1 aromatic heterocycles. The van der Waals surface area contributed by atoms with E-state index in [1.54, 1.807) is 0 Å². The molecule has 0 atom stereocenters. The smallest absolute Gasteiger partial charge is 0.112 e. The summed E-state index contributed by atoms with van der Waals surface area (Å²) in [4.78, 5) is 4.59. The third-order valence-corrected chi connectivity index (χ3v) is 4.11. The molecule has 0 radical (unpaired) electrons. The van der Waals surface area contributed by atoms with Crippen LogP contribution >= 0.6 is 0 Å². The molecule has 1 aromatic carbocycles. The third-order valence-electron chi connectivity index (χ3n) is 4.11.